The van der Waals surface area contributed by atoms with Crippen LogP contribution in [0.15, 0.2) is 24.3 Å². The Morgan fingerprint density at radius 1 is 1.36 bits per heavy atom. The van der Waals surface area contributed by atoms with Gasteiger partial charge in [0, 0.05) is 24.3 Å². The number of nitrogens with zero attached hydrogens (tertiary/aromatic N) is 2. The fourth-order valence-electron chi connectivity index (χ4n) is 3.65. The molecule has 5 heteroatoms. The number of fused-ring (bicyclic) bond motifs is 1. The lowest BCUT2D eigenvalue weighted by atomic mass is 10.1. The molecule has 1 aromatic rings. The SMILES string of the molecule is CNC1CCCN(CC(=O)N2c3ccccc3CC2C)C1.Cl. The molecule has 1 aromatic carbocycles. The van der Waals surface area contributed by atoms with E-state index >= 15 is 0 Å². The smallest absolute Gasteiger partial charge is 0.241 e. The van der Waals surface area contributed by atoms with E-state index in [1.165, 1.54) is 18.4 Å². The summed E-state index contributed by atoms with van der Waals surface area (Å²) in [6.45, 7) is 4.70. The van der Waals surface area contributed by atoms with Gasteiger partial charge in [-0.1, -0.05) is 18.2 Å². The Morgan fingerprint density at radius 3 is 2.91 bits per heavy atom. The van der Waals surface area contributed by atoms with Crippen molar-refractivity contribution in [3.05, 3.63) is 29.8 Å². The summed E-state index contributed by atoms with van der Waals surface area (Å²) in [7, 11) is 2.01. The minimum absolute atomic E-state index is 0. The lowest BCUT2D eigenvalue weighted by Gasteiger charge is -2.33. The Hall–Kier alpha value is -1.10. The van der Waals surface area contributed by atoms with Gasteiger partial charge in [0.25, 0.3) is 0 Å². The molecule has 0 aliphatic carbocycles. The number of likely N-dealkylation sites (tertiary alicyclic amines) is 1. The molecule has 2 aliphatic heterocycles. The van der Waals surface area contributed by atoms with Crippen molar-refractivity contribution in [1.82, 2.24) is 10.2 Å². The summed E-state index contributed by atoms with van der Waals surface area (Å²) in [4.78, 5) is 17.0. The maximum absolute atomic E-state index is 12.7. The van der Waals surface area contributed by atoms with Crippen LogP contribution in [-0.4, -0.2) is 49.6 Å². The van der Waals surface area contributed by atoms with Crippen molar-refractivity contribution in [1.29, 1.82) is 0 Å². The molecule has 3 rings (SSSR count). The molecule has 0 aromatic heterocycles. The predicted molar refractivity (Wildman–Crippen MR) is 92.9 cm³/mol. The molecule has 2 unspecified atom stereocenters. The van der Waals surface area contributed by atoms with Crippen LogP contribution < -0.4 is 10.2 Å². The van der Waals surface area contributed by atoms with Crippen molar-refractivity contribution < 1.29 is 4.79 Å². The second-order valence-corrected chi connectivity index (χ2v) is 6.31. The molecule has 2 heterocycles. The number of carbonyl (C=O) groups excluding carboxylic acids is 1. The van der Waals surface area contributed by atoms with Gasteiger partial charge in [-0.3, -0.25) is 9.69 Å². The first kappa shape index (κ1) is 17.3. The number of halogens is 1. The lowest BCUT2D eigenvalue weighted by Crippen LogP contribution is -2.49. The van der Waals surface area contributed by atoms with E-state index in [0.717, 1.165) is 25.2 Å². The Labute approximate surface area is 139 Å². The summed E-state index contributed by atoms with van der Waals surface area (Å²) in [6, 6.07) is 9.09. The Bertz CT molecular complexity index is 522. The zero-order chi connectivity index (χ0) is 14.8. The first-order valence-electron chi connectivity index (χ1n) is 7.98. The maximum atomic E-state index is 12.7. The number of hydrogen-bond donors (Lipinski definition) is 1. The van der Waals surface area contributed by atoms with Crippen LogP contribution in [-0.2, 0) is 11.2 Å². The zero-order valence-corrected chi connectivity index (χ0v) is 14.2. The van der Waals surface area contributed by atoms with Crippen LogP contribution in [0, 0.1) is 0 Å². The van der Waals surface area contributed by atoms with Gasteiger partial charge in [0.05, 0.1) is 6.54 Å². The number of amides is 1. The summed E-state index contributed by atoms with van der Waals surface area (Å²) < 4.78 is 0. The predicted octanol–water partition coefficient (Wildman–Crippen LogP) is 2.07. The normalized spacial score (nSPS) is 24.7. The fourth-order valence-corrected chi connectivity index (χ4v) is 3.65. The first-order valence-corrected chi connectivity index (χ1v) is 7.98. The van der Waals surface area contributed by atoms with Gasteiger partial charge in [-0.15, -0.1) is 12.4 Å². The number of hydrogen-bond acceptors (Lipinski definition) is 3. The Balaban J connectivity index is 0.00000176. The van der Waals surface area contributed by atoms with Gasteiger partial charge in [-0.05, 0) is 51.4 Å². The fraction of sp³-hybridized carbons (Fsp3) is 0.588. The van der Waals surface area contributed by atoms with E-state index in [-0.39, 0.29) is 24.4 Å². The van der Waals surface area contributed by atoms with Crippen LogP contribution in [0.3, 0.4) is 0 Å². The minimum atomic E-state index is 0. The number of rotatable bonds is 3. The molecule has 0 spiro atoms. The van der Waals surface area contributed by atoms with Gasteiger partial charge in [-0.2, -0.15) is 0 Å². The van der Waals surface area contributed by atoms with Crippen molar-refractivity contribution in [2.24, 2.45) is 0 Å². The van der Waals surface area contributed by atoms with Crippen molar-refractivity contribution in [3.8, 4) is 0 Å². The third-order valence-corrected chi connectivity index (χ3v) is 4.75. The molecule has 2 atom stereocenters. The zero-order valence-electron chi connectivity index (χ0n) is 13.4. The van der Waals surface area contributed by atoms with Gasteiger partial charge in [0.2, 0.25) is 5.91 Å². The second kappa shape index (κ2) is 7.44. The van der Waals surface area contributed by atoms with Crippen LogP contribution in [0.5, 0.6) is 0 Å². The molecule has 2 aliphatic rings. The molecule has 1 amide bonds. The van der Waals surface area contributed by atoms with Crippen LogP contribution >= 0.6 is 12.4 Å². The molecule has 0 radical (unpaired) electrons. The molecule has 22 heavy (non-hydrogen) atoms. The summed E-state index contributed by atoms with van der Waals surface area (Å²) in [5.74, 6) is 0.240. The Kier molecular flexibility index (Phi) is 5.84. The highest BCUT2D eigenvalue weighted by molar-refractivity contribution is 5.97. The van der Waals surface area contributed by atoms with E-state index in [1.807, 2.05) is 18.0 Å². The van der Waals surface area contributed by atoms with Crippen molar-refractivity contribution >= 4 is 24.0 Å². The number of anilines is 1. The van der Waals surface area contributed by atoms with Gasteiger partial charge in [0.15, 0.2) is 0 Å². The highest BCUT2D eigenvalue weighted by Gasteiger charge is 2.32. The number of piperidine rings is 1. The van der Waals surface area contributed by atoms with Crippen molar-refractivity contribution in [3.63, 3.8) is 0 Å². The molecule has 0 saturated carbocycles. The molecular formula is C17H26ClN3O. The second-order valence-electron chi connectivity index (χ2n) is 6.31. The average Bonchev–Trinajstić information content (AvgIpc) is 2.83. The van der Waals surface area contributed by atoms with Gasteiger partial charge in [-0.25, -0.2) is 0 Å². The maximum Gasteiger partial charge on any atom is 0.241 e. The van der Waals surface area contributed by atoms with E-state index in [9.17, 15) is 4.79 Å². The number of carbonyl (C=O) groups is 1. The van der Waals surface area contributed by atoms with Crippen LogP contribution in [0.2, 0.25) is 0 Å². The molecule has 1 saturated heterocycles. The standard InChI is InChI=1S/C17H25N3O.ClH/c1-13-10-14-6-3-4-8-16(14)20(13)17(21)12-19-9-5-7-15(11-19)18-2;/h3-4,6,8,13,15,18H,5,7,9-12H2,1-2H3;1H. The lowest BCUT2D eigenvalue weighted by molar-refractivity contribution is -0.120. The van der Waals surface area contributed by atoms with Crippen molar-refractivity contribution in [2.75, 3.05) is 31.6 Å². The minimum Gasteiger partial charge on any atom is -0.316 e. The van der Waals surface area contributed by atoms with E-state index < -0.39 is 0 Å². The van der Waals surface area contributed by atoms with Crippen molar-refractivity contribution in [2.45, 2.75) is 38.3 Å². The summed E-state index contributed by atoms with van der Waals surface area (Å²) in [5, 5.41) is 3.33. The highest BCUT2D eigenvalue weighted by atomic mass is 35.5. The summed E-state index contributed by atoms with van der Waals surface area (Å²) in [6.07, 6.45) is 3.36. The molecule has 1 fully saturated rings. The molecule has 4 nitrogen and oxygen atoms in total. The first-order chi connectivity index (χ1) is 10.2. The van der Waals surface area contributed by atoms with E-state index in [2.05, 4.69) is 35.3 Å². The van der Waals surface area contributed by atoms with Gasteiger partial charge in [0.1, 0.15) is 0 Å². The number of nitrogens with one attached hydrogen (secondary N) is 1. The largest absolute Gasteiger partial charge is 0.316 e. The van der Waals surface area contributed by atoms with E-state index in [1.54, 1.807) is 0 Å². The highest BCUT2D eigenvalue weighted by Crippen LogP contribution is 2.31. The molecular weight excluding hydrogens is 298 g/mol. The average molecular weight is 324 g/mol. The van der Waals surface area contributed by atoms with Crippen LogP contribution in [0.25, 0.3) is 0 Å². The summed E-state index contributed by atoms with van der Waals surface area (Å²) in [5.41, 5.74) is 2.40. The monoisotopic (exact) mass is 323 g/mol. The van der Waals surface area contributed by atoms with Crippen LogP contribution in [0.1, 0.15) is 25.3 Å². The number of likely N-dealkylation sites (N-methyl/N-ethyl adjacent to an activating group) is 1. The molecule has 122 valence electrons. The van der Waals surface area contributed by atoms with Crippen LogP contribution in [0.4, 0.5) is 5.69 Å². The third kappa shape index (κ3) is 3.45. The molecule has 0 bridgehead atoms. The quantitative estimate of drug-likeness (QED) is 0.925. The number of para-hydroxylation sites is 1. The topological polar surface area (TPSA) is 35.6 Å². The summed E-state index contributed by atoms with van der Waals surface area (Å²) >= 11 is 0. The number of benzene rings is 1. The third-order valence-electron chi connectivity index (χ3n) is 4.75. The van der Waals surface area contributed by atoms with E-state index in [0.29, 0.717) is 12.6 Å². The van der Waals surface area contributed by atoms with Gasteiger partial charge >= 0.3 is 0 Å². The van der Waals surface area contributed by atoms with Gasteiger partial charge < -0.3 is 10.2 Å². The molecule has 1 N–H and O–H groups in total. The van der Waals surface area contributed by atoms with E-state index in [4.69, 9.17) is 0 Å². The Morgan fingerprint density at radius 2 is 2.14 bits per heavy atom.